The first-order chi connectivity index (χ1) is 12.5. The van der Waals surface area contributed by atoms with E-state index in [1.54, 1.807) is 11.0 Å². The maximum atomic E-state index is 12.8. The van der Waals surface area contributed by atoms with Gasteiger partial charge < -0.3 is 16.0 Å². The van der Waals surface area contributed by atoms with Gasteiger partial charge in [0.2, 0.25) is 11.8 Å². The first-order valence-corrected chi connectivity index (χ1v) is 9.31. The van der Waals surface area contributed by atoms with E-state index in [9.17, 15) is 14.4 Å². The van der Waals surface area contributed by atoms with E-state index in [1.807, 2.05) is 12.1 Å². The Morgan fingerprint density at radius 2 is 2.00 bits per heavy atom. The minimum Gasteiger partial charge on any atom is -0.382 e. The summed E-state index contributed by atoms with van der Waals surface area (Å²) in [4.78, 5) is 38.0. The molecule has 0 bridgehead atoms. The number of fused-ring (bicyclic) bond motifs is 1. The van der Waals surface area contributed by atoms with Crippen molar-refractivity contribution in [3.8, 4) is 0 Å². The van der Waals surface area contributed by atoms with Crippen LogP contribution in [0.1, 0.15) is 54.4 Å². The molecular formula is C19H24N4O3. The van der Waals surface area contributed by atoms with E-state index >= 15 is 0 Å². The van der Waals surface area contributed by atoms with E-state index in [1.165, 1.54) is 0 Å². The molecule has 0 spiro atoms. The molecule has 1 saturated carbocycles. The number of carbonyl (C=O) groups is 3. The number of nitrogens with one attached hydrogen (secondary N) is 2. The van der Waals surface area contributed by atoms with E-state index in [0.717, 1.165) is 36.9 Å². The normalized spacial score (nSPS) is 28.7. The minimum atomic E-state index is -0.580. The van der Waals surface area contributed by atoms with Crippen molar-refractivity contribution in [2.45, 2.75) is 63.2 Å². The van der Waals surface area contributed by atoms with Crippen LogP contribution in [0.3, 0.4) is 0 Å². The lowest BCUT2D eigenvalue weighted by molar-refractivity contribution is -0.136. The van der Waals surface area contributed by atoms with Crippen molar-refractivity contribution in [3.63, 3.8) is 0 Å². The number of hydrogen-bond donors (Lipinski definition) is 3. The Morgan fingerprint density at radius 1 is 1.15 bits per heavy atom. The number of amides is 3. The Labute approximate surface area is 152 Å². The van der Waals surface area contributed by atoms with Crippen LogP contribution in [0.2, 0.25) is 0 Å². The van der Waals surface area contributed by atoms with E-state index < -0.39 is 6.04 Å². The number of imide groups is 1. The van der Waals surface area contributed by atoms with Crippen LogP contribution in [0, 0.1) is 0 Å². The smallest absolute Gasteiger partial charge is 0.255 e. The Hall–Kier alpha value is -2.41. The van der Waals surface area contributed by atoms with Crippen LogP contribution in [0.5, 0.6) is 0 Å². The van der Waals surface area contributed by atoms with Gasteiger partial charge in [0, 0.05) is 41.9 Å². The van der Waals surface area contributed by atoms with E-state index in [2.05, 4.69) is 10.6 Å². The largest absolute Gasteiger partial charge is 0.382 e. The quantitative estimate of drug-likeness (QED) is 0.704. The van der Waals surface area contributed by atoms with E-state index in [0.29, 0.717) is 24.6 Å². The Kier molecular flexibility index (Phi) is 4.40. The molecule has 1 aliphatic carbocycles. The molecule has 3 atom stereocenters. The third-order valence-corrected chi connectivity index (χ3v) is 5.66. The molecule has 3 unspecified atom stereocenters. The molecule has 0 aromatic heterocycles. The van der Waals surface area contributed by atoms with Gasteiger partial charge in [0.15, 0.2) is 0 Å². The summed E-state index contributed by atoms with van der Waals surface area (Å²) >= 11 is 0. The Balaban J connectivity index is 1.54. The number of benzene rings is 1. The highest BCUT2D eigenvalue weighted by Gasteiger charge is 2.40. The fourth-order valence-electron chi connectivity index (χ4n) is 4.30. The zero-order chi connectivity index (χ0) is 18.3. The minimum absolute atomic E-state index is 0.140. The SMILES string of the molecule is NC1CCCC(Nc2cccc3c2CN(C2CCC(=O)NC2=O)C3=O)C1. The van der Waals surface area contributed by atoms with Gasteiger partial charge in [-0.3, -0.25) is 19.7 Å². The molecular weight excluding hydrogens is 332 g/mol. The van der Waals surface area contributed by atoms with Crippen molar-refractivity contribution in [3.05, 3.63) is 29.3 Å². The second kappa shape index (κ2) is 6.72. The number of nitrogens with two attached hydrogens (primary N) is 1. The second-order valence-corrected chi connectivity index (χ2v) is 7.50. The van der Waals surface area contributed by atoms with E-state index in [-0.39, 0.29) is 30.2 Å². The highest BCUT2D eigenvalue weighted by Crippen LogP contribution is 2.33. The molecule has 4 rings (SSSR count). The topological polar surface area (TPSA) is 105 Å². The van der Waals surface area contributed by atoms with Crippen LogP contribution in [-0.2, 0) is 16.1 Å². The third kappa shape index (κ3) is 3.07. The molecule has 7 nitrogen and oxygen atoms in total. The van der Waals surface area contributed by atoms with Crippen LogP contribution in [0.25, 0.3) is 0 Å². The van der Waals surface area contributed by atoms with Crippen molar-refractivity contribution >= 4 is 23.4 Å². The molecule has 0 radical (unpaired) electrons. The molecule has 7 heteroatoms. The van der Waals surface area contributed by atoms with Gasteiger partial charge in [-0.2, -0.15) is 0 Å². The van der Waals surface area contributed by atoms with Crippen molar-refractivity contribution in [2.75, 3.05) is 5.32 Å². The van der Waals surface area contributed by atoms with Gasteiger partial charge in [0.1, 0.15) is 6.04 Å². The second-order valence-electron chi connectivity index (χ2n) is 7.50. The van der Waals surface area contributed by atoms with Crippen molar-refractivity contribution in [2.24, 2.45) is 5.73 Å². The number of piperidine rings is 1. The molecule has 1 aromatic rings. The monoisotopic (exact) mass is 356 g/mol. The van der Waals surface area contributed by atoms with Gasteiger partial charge in [-0.1, -0.05) is 6.07 Å². The molecule has 2 heterocycles. The van der Waals surface area contributed by atoms with Gasteiger partial charge in [0.05, 0.1) is 0 Å². The molecule has 26 heavy (non-hydrogen) atoms. The summed E-state index contributed by atoms with van der Waals surface area (Å²) in [5, 5.41) is 5.90. The first-order valence-electron chi connectivity index (χ1n) is 9.31. The lowest BCUT2D eigenvalue weighted by Gasteiger charge is -2.30. The van der Waals surface area contributed by atoms with Crippen molar-refractivity contribution < 1.29 is 14.4 Å². The van der Waals surface area contributed by atoms with Gasteiger partial charge in [-0.25, -0.2) is 0 Å². The summed E-state index contributed by atoms with van der Waals surface area (Å²) in [5.74, 6) is -0.792. The first kappa shape index (κ1) is 17.0. The fourth-order valence-corrected chi connectivity index (χ4v) is 4.30. The number of rotatable bonds is 3. The number of hydrogen-bond acceptors (Lipinski definition) is 5. The number of nitrogens with zero attached hydrogens (tertiary/aromatic N) is 1. The van der Waals surface area contributed by atoms with Crippen LogP contribution < -0.4 is 16.4 Å². The van der Waals surface area contributed by atoms with Gasteiger partial charge in [-0.05, 0) is 44.2 Å². The Morgan fingerprint density at radius 3 is 2.77 bits per heavy atom. The summed E-state index contributed by atoms with van der Waals surface area (Å²) in [5.41, 5.74) is 8.60. The van der Waals surface area contributed by atoms with Crippen molar-refractivity contribution in [1.82, 2.24) is 10.2 Å². The number of anilines is 1. The lowest BCUT2D eigenvalue weighted by Crippen LogP contribution is -2.52. The molecule has 2 aliphatic heterocycles. The zero-order valence-corrected chi connectivity index (χ0v) is 14.7. The summed E-state index contributed by atoms with van der Waals surface area (Å²) in [6, 6.07) is 5.62. The predicted octanol–water partition coefficient (Wildman–Crippen LogP) is 1.13. The molecule has 1 saturated heterocycles. The maximum absolute atomic E-state index is 12.8. The summed E-state index contributed by atoms with van der Waals surface area (Å²) < 4.78 is 0. The van der Waals surface area contributed by atoms with Gasteiger partial charge in [0.25, 0.3) is 5.91 Å². The average Bonchev–Trinajstić information content (AvgIpc) is 2.93. The molecule has 138 valence electrons. The molecule has 4 N–H and O–H groups in total. The maximum Gasteiger partial charge on any atom is 0.255 e. The molecule has 2 fully saturated rings. The van der Waals surface area contributed by atoms with E-state index in [4.69, 9.17) is 5.73 Å². The van der Waals surface area contributed by atoms with Crippen LogP contribution in [0.4, 0.5) is 5.69 Å². The zero-order valence-electron chi connectivity index (χ0n) is 14.7. The molecule has 3 aliphatic rings. The van der Waals surface area contributed by atoms with Gasteiger partial charge in [-0.15, -0.1) is 0 Å². The highest BCUT2D eigenvalue weighted by molar-refractivity contribution is 6.06. The Bertz CT molecular complexity index is 763. The summed E-state index contributed by atoms with van der Waals surface area (Å²) in [6.07, 6.45) is 4.81. The fraction of sp³-hybridized carbons (Fsp3) is 0.526. The summed E-state index contributed by atoms with van der Waals surface area (Å²) in [7, 11) is 0. The molecule has 3 amide bonds. The third-order valence-electron chi connectivity index (χ3n) is 5.66. The molecule has 1 aromatic carbocycles. The van der Waals surface area contributed by atoms with Crippen LogP contribution in [0.15, 0.2) is 18.2 Å². The lowest BCUT2D eigenvalue weighted by atomic mass is 9.91. The van der Waals surface area contributed by atoms with Gasteiger partial charge >= 0.3 is 0 Å². The average molecular weight is 356 g/mol. The summed E-state index contributed by atoms with van der Waals surface area (Å²) in [6.45, 7) is 0.391. The van der Waals surface area contributed by atoms with Crippen molar-refractivity contribution in [1.29, 1.82) is 0 Å². The van der Waals surface area contributed by atoms with Crippen LogP contribution >= 0.6 is 0 Å². The highest BCUT2D eigenvalue weighted by atomic mass is 16.2. The number of carbonyl (C=O) groups excluding carboxylic acids is 3. The predicted molar refractivity (Wildman–Crippen MR) is 96.3 cm³/mol. The standard InChI is InChI=1S/C19H24N4O3/c20-11-3-1-4-12(9-11)21-15-6-2-5-13-14(15)10-23(19(13)26)16-7-8-17(24)22-18(16)25/h2,5-6,11-12,16,21H,1,3-4,7-10,20H2,(H,22,24,25). The van der Waals surface area contributed by atoms with Crippen LogP contribution in [-0.4, -0.2) is 40.7 Å².